The molecule has 7 aromatic carbocycles. The Hall–Kier alpha value is -7.69. The predicted octanol–water partition coefficient (Wildman–Crippen LogP) is 11.9. The highest BCUT2D eigenvalue weighted by molar-refractivity contribution is 7.85. The van der Waals surface area contributed by atoms with Crippen LogP contribution in [0.1, 0.15) is 61.2 Å². The van der Waals surface area contributed by atoms with E-state index in [1.807, 2.05) is 191 Å². The third-order valence-electron chi connectivity index (χ3n) is 13.2. The number of phosphoric acid groups is 1. The minimum atomic E-state index is -4.23. The zero-order valence-electron chi connectivity index (χ0n) is 61.3. The highest BCUT2D eigenvalue weighted by Crippen LogP contribution is 2.39. The molecule has 558 valence electrons. The SMILES string of the molecule is Cc1c(F)c(F)c(F)c(F)c1F.Cc1ccc(COP(=O)([O-])OC[N+](C)(C)C)cc1.Cc1ccc(C[N+](C)(C)C)cc1.Cc1ccc(C[N+](C)(C)CC(=O)[O-])cc1.Cc1ccc(C[N+](C)(C)CS(=O)(=O)[O-])cc1.Cc1ccc(OCCOCN)cc1.Cc1ccc(OCCOCN=[N+]=[N-])cc1. The number of hydrogen-bond acceptors (Lipinski definition) is 15. The van der Waals surface area contributed by atoms with Gasteiger partial charge in [-0.05, 0) is 83.8 Å². The third-order valence-corrected chi connectivity index (χ3v) is 15.1. The summed E-state index contributed by atoms with van der Waals surface area (Å²) in [7, 11) is 10.9. The fraction of sp³-hybridized carbons (Fsp3) is 0.411. The number of benzene rings is 7. The van der Waals surface area contributed by atoms with Gasteiger partial charge in [0.2, 0.25) is 5.82 Å². The molecular formula is C73H103F5N8O13PS+. The van der Waals surface area contributed by atoms with E-state index in [1.165, 1.54) is 27.8 Å². The molecule has 0 aliphatic rings. The molecule has 0 aromatic heterocycles. The number of hydrogen-bond donors (Lipinski definition) is 1. The van der Waals surface area contributed by atoms with Crippen molar-refractivity contribution in [3.05, 3.63) is 246 Å². The van der Waals surface area contributed by atoms with Crippen LogP contribution in [0, 0.1) is 77.6 Å². The number of quaternary nitrogens is 4. The van der Waals surface area contributed by atoms with Crippen LogP contribution in [0.15, 0.2) is 151 Å². The fourth-order valence-corrected chi connectivity index (χ4v) is 10.1. The number of phosphoric ester groups is 1. The summed E-state index contributed by atoms with van der Waals surface area (Å²) in [6.07, 6.45) is 0. The van der Waals surface area contributed by atoms with E-state index in [0.29, 0.717) is 48.5 Å². The highest BCUT2D eigenvalue weighted by atomic mass is 32.2. The molecule has 7 aromatic rings. The first-order chi connectivity index (χ1) is 46.8. The van der Waals surface area contributed by atoms with Crippen molar-refractivity contribution in [1.29, 1.82) is 0 Å². The molecule has 7 rings (SSSR count). The number of rotatable bonds is 27. The summed E-state index contributed by atoms with van der Waals surface area (Å²) in [5, 5.41) is 13.8. The number of nitrogens with zero attached hydrogens (tertiary/aromatic N) is 7. The van der Waals surface area contributed by atoms with Crippen LogP contribution in [0.2, 0.25) is 0 Å². The van der Waals surface area contributed by atoms with Crippen LogP contribution in [-0.2, 0) is 64.2 Å². The van der Waals surface area contributed by atoms with Crippen LogP contribution in [-0.4, -0.2) is 166 Å². The Morgan fingerprint density at radius 2 is 0.842 bits per heavy atom. The number of carboxylic acid groups (broad SMARTS) is 1. The van der Waals surface area contributed by atoms with Crippen LogP contribution < -0.4 is 25.2 Å². The van der Waals surface area contributed by atoms with Gasteiger partial charge in [0.1, 0.15) is 67.7 Å². The lowest BCUT2D eigenvalue weighted by Gasteiger charge is -2.30. The summed E-state index contributed by atoms with van der Waals surface area (Å²) >= 11 is 0. The van der Waals surface area contributed by atoms with Gasteiger partial charge >= 0.3 is 0 Å². The Kier molecular flexibility index (Phi) is 41.0. The number of carbonyl (C=O) groups is 1. The number of aliphatic carboxylic acids is 1. The average Bonchev–Trinajstić information content (AvgIpc) is 0.806. The van der Waals surface area contributed by atoms with Crippen molar-refractivity contribution in [2.24, 2.45) is 10.8 Å². The predicted molar refractivity (Wildman–Crippen MR) is 378 cm³/mol. The second-order valence-corrected chi connectivity index (χ2v) is 29.7. The molecule has 101 heavy (non-hydrogen) atoms. The van der Waals surface area contributed by atoms with Gasteiger partial charge in [0.05, 0.1) is 103 Å². The molecule has 1 atom stereocenters. The van der Waals surface area contributed by atoms with Gasteiger partial charge < -0.3 is 66.5 Å². The van der Waals surface area contributed by atoms with Crippen LogP contribution in [0.4, 0.5) is 22.0 Å². The molecule has 28 heteroatoms. The van der Waals surface area contributed by atoms with Gasteiger partial charge in [-0.15, -0.1) is 0 Å². The van der Waals surface area contributed by atoms with E-state index < -0.39 is 58.6 Å². The van der Waals surface area contributed by atoms with Crippen molar-refractivity contribution in [2.75, 3.05) is 130 Å². The zero-order valence-corrected chi connectivity index (χ0v) is 63.0. The molecule has 0 heterocycles. The normalized spacial score (nSPS) is 11.8. The summed E-state index contributed by atoms with van der Waals surface area (Å²) in [6.45, 7) is 17.6. The second kappa shape index (κ2) is 45.3. The zero-order chi connectivity index (χ0) is 76.8. The van der Waals surface area contributed by atoms with Gasteiger partial charge in [-0.2, -0.15) is 0 Å². The van der Waals surface area contributed by atoms with Crippen molar-refractivity contribution < 1.29 is 100 Å². The van der Waals surface area contributed by atoms with Crippen molar-refractivity contribution in [2.45, 2.75) is 74.7 Å². The number of aryl methyl sites for hydroxylation is 6. The minimum Gasteiger partial charge on any atom is -0.756 e. The second-order valence-electron chi connectivity index (χ2n) is 26.9. The lowest BCUT2D eigenvalue weighted by Crippen LogP contribution is -2.47. The number of ether oxygens (including phenoxy) is 4. The van der Waals surface area contributed by atoms with Crippen molar-refractivity contribution in [3.63, 3.8) is 0 Å². The van der Waals surface area contributed by atoms with E-state index in [-0.39, 0.29) is 43.7 Å². The first-order valence-electron chi connectivity index (χ1n) is 31.8. The highest BCUT2D eigenvalue weighted by Gasteiger charge is 2.23. The Balaban J connectivity index is 0.000000592. The minimum absolute atomic E-state index is 0.00179. The van der Waals surface area contributed by atoms with E-state index in [1.54, 1.807) is 14.1 Å². The van der Waals surface area contributed by atoms with Gasteiger partial charge in [-0.25, -0.2) is 30.4 Å². The molecule has 0 spiro atoms. The van der Waals surface area contributed by atoms with Crippen LogP contribution in [0.25, 0.3) is 10.4 Å². The molecular weight excluding hydrogens is 1350 g/mol. The maximum Gasteiger partial charge on any atom is 0.272 e. The Morgan fingerprint density at radius 1 is 0.505 bits per heavy atom. The van der Waals surface area contributed by atoms with Crippen molar-refractivity contribution in [1.82, 2.24) is 0 Å². The monoisotopic (exact) mass is 1460 g/mol. The molecule has 0 aliphatic carbocycles. The molecule has 2 N–H and O–H groups in total. The van der Waals surface area contributed by atoms with E-state index in [4.69, 9.17) is 39.3 Å². The summed E-state index contributed by atoms with van der Waals surface area (Å²) in [5.74, 6) is -9.24. The molecule has 0 bridgehead atoms. The maximum absolute atomic E-state index is 12.4. The van der Waals surface area contributed by atoms with E-state index in [2.05, 4.69) is 62.4 Å². The van der Waals surface area contributed by atoms with Crippen LogP contribution in [0.5, 0.6) is 11.5 Å². The number of azide groups is 1. The summed E-state index contributed by atoms with van der Waals surface area (Å²) in [5.41, 5.74) is 23.9. The summed E-state index contributed by atoms with van der Waals surface area (Å²) in [6, 6.07) is 47.9. The van der Waals surface area contributed by atoms with Crippen molar-refractivity contribution in [3.8, 4) is 11.5 Å². The van der Waals surface area contributed by atoms with Gasteiger partial charge in [-0.1, -0.05) is 160 Å². The largest absolute Gasteiger partial charge is 0.756 e. The third kappa shape index (κ3) is 45.0. The lowest BCUT2D eigenvalue weighted by atomic mass is 10.1. The molecule has 0 radical (unpaired) electrons. The van der Waals surface area contributed by atoms with Crippen LogP contribution >= 0.6 is 7.82 Å². The molecule has 0 fully saturated rings. The average molecular weight is 1460 g/mol. The molecule has 0 aliphatic heterocycles. The first-order valence-corrected chi connectivity index (χ1v) is 34.8. The first kappa shape index (κ1) is 91.3. The summed E-state index contributed by atoms with van der Waals surface area (Å²) < 4.78 is 137. The maximum atomic E-state index is 12.4. The Bertz CT molecular complexity index is 3650. The quantitative estimate of drug-likeness (QED) is 0.00429. The van der Waals surface area contributed by atoms with E-state index in [9.17, 15) is 54.3 Å². The lowest BCUT2D eigenvalue weighted by molar-refractivity contribution is -0.898. The molecule has 0 saturated carbocycles. The number of carbonyl (C=O) groups excluding carboxylic acids is 1. The summed E-state index contributed by atoms with van der Waals surface area (Å²) in [4.78, 5) is 24.6. The van der Waals surface area contributed by atoms with Gasteiger partial charge in [0, 0.05) is 27.2 Å². The Morgan fingerprint density at radius 3 is 1.18 bits per heavy atom. The molecule has 0 amide bonds. The van der Waals surface area contributed by atoms with E-state index >= 15 is 0 Å². The van der Waals surface area contributed by atoms with Gasteiger partial charge in [0.25, 0.3) is 7.82 Å². The van der Waals surface area contributed by atoms with Gasteiger partial charge in [0.15, 0.2) is 35.9 Å². The number of halogens is 5. The molecule has 1 unspecified atom stereocenters. The van der Waals surface area contributed by atoms with Gasteiger partial charge in [-0.3, -0.25) is 9.09 Å². The number of nitrogens with two attached hydrogens (primary N) is 1. The smallest absolute Gasteiger partial charge is 0.272 e. The van der Waals surface area contributed by atoms with Crippen LogP contribution in [0.3, 0.4) is 0 Å². The standard InChI is InChI=1S/C12H20NO4P.C12H17NO2.C11H17NO3S.C11H18N.C10H13N3O2.C10H15NO2.C7H3F5/c1-11-5-7-12(8-6-11)9-16-18(14,15)17-10-13(2,3)4;1-10-4-6-11(7-5-10)8-13(2,3)9-12(14)15;1-10-4-6-11(7-5-10)8-12(2,3)9-16(13,14)15;1-10-5-7-11(8-6-10)9-12(2,3)4;1-9-2-4-10(5-3-9)15-7-6-14-8-12-13-11;1-9-2-4-10(5-3-9)13-7-6-12-8-11;1-2-3(8)5(10)7(12)6(11)4(2)9/h5-8H,9-10H2,1-4H3;4-7H,8-9H2,1-3H3;4-7H,8-9H2,1-3H3;5-8H,9H2,1-4H3;2-5H,6-8H2,1H3;2-5H,6-8,11H2,1H3;1H3/q;;;+1;;;. The molecule has 21 nitrogen and oxygen atoms in total. The van der Waals surface area contributed by atoms with E-state index in [0.717, 1.165) is 57.3 Å². The topological polar surface area (TPSA) is 268 Å². The number of likely N-dealkylation sites (N-methyl/N-ethyl adjacent to an activating group) is 1. The number of carboxylic acids is 1. The fourth-order valence-electron chi connectivity index (χ4n) is 8.25. The molecule has 0 saturated heterocycles. The Labute approximate surface area is 594 Å². The van der Waals surface area contributed by atoms with Crippen molar-refractivity contribution >= 4 is 23.9 Å².